The van der Waals surface area contributed by atoms with Crippen LogP contribution >= 0.6 is 0 Å². The first-order valence-electron chi connectivity index (χ1n) is 20.3. The Hall–Kier alpha value is -10.7. The molecular weight excluding hydrogens is 973 g/mol. The Morgan fingerprint density at radius 1 is 0.315 bits per heavy atom. The standard InChI is InChI=1S/C17H14O8.2C16H12O8/c1-23-11-3-7(4-12(24-2)14(11)20)17-16(22)15(21)13-9(19)5-8(18)6-10(13)25-17;1-23-11-3-6(2-9(19)13(11)20)16-15(22)14(21)12-8(18)4-7(17)5-10(12)24-16;1-23-16-9(19)2-6(3-10(16)20)15-14(22)13(21)12-8(18)4-7(17)5-11(12)24-15/h3-6,18-20,22H,1-2H3;2*2-5,17-20,22H,1H3. The Labute approximate surface area is 405 Å². The van der Waals surface area contributed by atoms with E-state index in [1.54, 1.807) is 0 Å². The quantitative estimate of drug-likeness (QED) is 0.0779. The van der Waals surface area contributed by atoms with E-state index in [1.165, 1.54) is 46.6 Å². The highest BCUT2D eigenvalue weighted by Gasteiger charge is 2.25. The van der Waals surface area contributed by atoms with Gasteiger partial charge in [-0.25, -0.2) is 0 Å². The fourth-order valence-electron chi connectivity index (χ4n) is 7.26. The van der Waals surface area contributed by atoms with Gasteiger partial charge in [0, 0.05) is 53.1 Å². The summed E-state index contributed by atoms with van der Waals surface area (Å²) >= 11 is 0. The predicted molar refractivity (Wildman–Crippen MR) is 253 cm³/mol. The normalized spacial score (nSPS) is 10.8. The van der Waals surface area contributed by atoms with Gasteiger partial charge < -0.3 is 104 Å². The lowest BCUT2D eigenvalue weighted by Gasteiger charge is -2.12. The lowest BCUT2D eigenvalue weighted by molar-refractivity contribution is 0.340. The molecule has 0 aliphatic carbocycles. The first-order valence-corrected chi connectivity index (χ1v) is 20.3. The van der Waals surface area contributed by atoms with Gasteiger partial charge in [0.25, 0.3) is 0 Å². The molecule has 0 atom stereocenters. The van der Waals surface area contributed by atoms with Crippen LogP contribution < -0.4 is 35.2 Å². The highest BCUT2D eigenvalue weighted by atomic mass is 16.5. The van der Waals surface area contributed by atoms with Crippen molar-refractivity contribution in [2.24, 2.45) is 0 Å². The highest BCUT2D eigenvalue weighted by Crippen LogP contribution is 2.46. The van der Waals surface area contributed by atoms with E-state index in [1.807, 2.05) is 0 Å². The highest BCUT2D eigenvalue weighted by molar-refractivity contribution is 5.91. The summed E-state index contributed by atoms with van der Waals surface area (Å²) in [5, 5.41) is 136. The Kier molecular flexibility index (Phi) is 13.3. The predicted octanol–water partition coefficient (Wildman–Crippen LogP) is 6.29. The van der Waals surface area contributed by atoms with Gasteiger partial charge >= 0.3 is 0 Å². The Morgan fingerprint density at radius 3 is 0.918 bits per heavy atom. The Morgan fingerprint density at radius 2 is 0.603 bits per heavy atom. The van der Waals surface area contributed by atoms with E-state index in [4.69, 9.17) is 32.2 Å². The minimum Gasteiger partial charge on any atom is -0.508 e. The van der Waals surface area contributed by atoms with Crippen LogP contribution in [0.1, 0.15) is 0 Å². The van der Waals surface area contributed by atoms with E-state index in [2.05, 4.69) is 0 Å². The molecule has 0 saturated carbocycles. The molecule has 3 heterocycles. The molecule has 0 aliphatic heterocycles. The van der Waals surface area contributed by atoms with E-state index in [9.17, 15) is 85.9 Å². The third kappa shape index (κ3) is 9.19. The van der Waals surface area contributed by atoms with Gasteiger partial charge in [-0.05, 0) is 36.4 Å². The van der Waals surface area contributed by atoms with Gasteiger partial charge in [0.05, 0.1) is 28.4 Å². The number of rotatable bonds is 7. The van der Waals surface area contributed by atoms with Crippen LogP contribution in [0.15, 0.2) is 100 Å². The molecule has 0 saturated heterocycles. The summed E-state index contributed by atoms with van der Waals surface area (Å²) in [4.78, 5) is 36.9. The smallest absolute Gasteiger partial charge is 0.238 e. The van der Waals surface area contributed by atoms with E-state index < -0.39 is 73.8 Å². The first kappa shape index (κ1) is 50.2. The summed E-state index contributed by atoms with van der Waals surface area (Å²) in [5.41, 5.74) is -2.98. The van der Waals surface area contributed by atoms with E-state index >= 15 is 0 Å². The van der Waals surface area contributed by atoms with E-state index in [0.717, 1.165) is 54.6 Å². The number of benzene rings is 6. The van der Waals surface area contributed by atoms with Gasteiger partial charge in [-0.3, -0.25) is 14.4 Å². The van der Waals surface area contributed by atoms with Crippen molar-refractivity contribution in [1.82, 2.24) is 0 Å². The molecular formula is C49H38O24. The maximum atomic E-state index is 12.4. The number of phenolic OH excluding ortho intramolecular Hbond substituents is 11. The average Bonchev–Trinajstić information content (AvgIpc) is 3.33. The van der Waals surface area contributed by atoms with Crippen molar-refractivity contribution in [3.8, 4) is 137 Å². The lowest BCUT2D eigenvalue weighted by Crippen LogP contribution is -2.03. The fourth-order valence-corrected chi connectivity index (χ4v) is 7.26. The lowest BCUT2D eigenvalue weighted by atomic mass is 10.1. The molecule has 0 radical (unpaired) electrons. The van der Waals surface area contributed by atoms with Crippen molar-refractivity contribution >= 4 is 32.9 Å². The van der Waals surface area contributed by atoms with Crippen LogP contribution in [0.5, 0.6) is 103 Å². The third-order valence-corrected chi connectivity index (χ3v) is 10.6. The molecule has 0 fully saturated rings. The maximum Gasteiger partial charge on any atom is 0.238 e. The summed E-state index contributed by atoms with van der Waals surface area (Å²) in [6.07, 6.45) is 0. The molecule has 3 aromatic heterocycles. The maximum absolute atomic E-state index is 12.4. The number of methoxy groups -OCH3 is 4. The van der Waals surface area contributed by atoms with Crippen LogP contribution in [0.25, 0.3) is 66.9 Å². The van der Waals surface area contributed by atoms with Gasteiger partial charge in [-0.15, -0.1) is 0 Å². The van der Waals surface area contributed by atoms with Crippen LogP contribution in [0.2, 0.25) is 0 Å². The minimum atomic E-state index is -0.932. The number of hydrogen-bond acceptors (Lipinski definition) is 24. The Bertz CT molecular complexity index is 3820. The SMILES string of the molecule is COc1c(O)cc(-c2oc3cc(O)cc(O)c3c(=O)c2O)cc1O.COc1cc(-c2oc3cc(O)cc(O)c3c(=O)c2O)cc(O)c1O.COc1cc(-c2oc3cc(O)cc(O)c3c(=O)c2O)cc(OC)c1O. The van der Waals surface area contributed by atoms with Crippen molar-refractivity contribution in [1.29, 1.82) is 0 Å². The van der Waals surface area contributed by atoms with Crippen molar-refractivity contribution < 1.29 is 104 Å². The molecule has 378 valence electrons. The number of aromatic hydroxyl groups is 14. The first-order chi connectivity index (χ1) is 34.5. The van der Waals surface area contributed by atoms with Crippen LogP contribution in [0.3, 0.4) is 0 Å². The zero-order valence-corrected chi connectivity index (χ0v) is 37.8. The summed E-state index contributed by atoms with van der Waals surface area (Å²) in [7, 11) is 5.15. The van der Waals surface area contributed by atoms with Gasteiger partial charge in [0.15, 0.2) is 51.8 Å². The largest absolute Gasteiger partial charge is 0.508 e. The molecule has 0 amide bonds. The molecule has 0 unspecified atom stereocenters. The number of ether oxygens (including phenoxy) is 4. The average molecular weight is 1010 g/mol. The molecule has 24 heteroatoms. The van der Waals surface area contributed by atoms with Crippen molar-refractivity contribution in [3.05, 3.63) is 103 Å². The Balaban J connectivity index is 0.000000160. The molecule has 0 aliphatic rings. The minimum absolute atomic E-state index is 0.00914. The van der Waals surface area contributed by atoms with Crippen LogP contribution in [0.4, 0.5) is 0 Å². The molecule has 0 spiro atoms. The van der Waals surface area contributed by atoms with Gasteiger partial charge in [0.1, 0.15) is 67.4 Å². The second-order valence-corrected chi connectivity index (χ2v) is 15.2. The number of fused-ring (bicyclic) bond motifs is 3. The number of hydrogen-bond donors (Lipinski definition) is 14. The van der Waals surface area contributed by atoms with Crippen LogP contribution in [0, 0.1) is 0 Å². The molecule has 24 nitrogen and oxygen atoms in total. The summed E-state index contributed by atoms with van der Waals surface area (Å²) in [6, 6.07) is 13.4. The van der Waals surface area contributed by atoms with Crippen molar-refractivity contribution in [2.45, 2.75) is 0 Å². The zero-order chi connectivity index (χ0) is 53.5. The fraction of sp³-hybridized carbons (Fsp3) is 0.0816. The van der Waals surface area contributed by atoms with Gasteiger partial charge in [-0.2, -0.15) is 0 Å². The molecule has 73 heavy (non-hydrogen) atoms. The zero-order valence-electron chi connectivity index (χ0n) is 37.8. The van der Waals surface area contributed by atoms with Crippen molar-refractivity contribution in [3.63, 3.8) is 0 Å². The molecule has 14 N–H and O–H groups in total. The molecule has 0 bridgehead atoms. The van der Waals surface area contributed by atoms with Crippen LogP contribution in [-0.4, -0.2) is 99.9 Å². The van der Waals surface area contributed by atoms with Gasteiger partial charge in [0.2, 0.25) is 50.8 Å². The summed E-state index contributed by atoms with van der Waals surface area (Å²) in [5.74, 6) is -8.34. The summed E-state index contributed by atoms with van der Waals surface area (Å²) in [6.45, 7) is 0. The molecule has 9 rings (SSSR count). The second kappa shape index (κ2) is 19.4. The van der Waals surface area contributed by atoms with Crippen LogP contribution in [-0.2, 0) is 0 Å². The van der Waals surface area contributed by atoms with E-state index in [-0.39, 0.29) is 113 Å². The third-order valence-electron chi connectivity index (χ3n) is 10.6. The van der Waals surface area contributed by atoms with Crippen molar-refractivity contribution in [2.75, 3.05) is 28.4 Å². The summed E-state index contributed by atoms with van der Waals surface area (Å²) < 4.78 is 36.0. The van der Waals surface area contributed by atoms with Gasteiger partial charge in [-0.1, -0.05) is 0 Å². The molecule has 9 aromatic rings. The second-order valence-electron chi connectivity index (χ2n) is 15.2. The number of phenols is 11. The molecule has 6 aromatic carbocycles. The van der Waals surface area contributed by atoms with E-state index in [0.29, 0.717) is 0 Å². The monoisotopic (exact) mass is 1010 g/mol. The topological polar surface area (TPSA) is 411 Å².